The van der Waals surface area contributed by atoms with Crippen molar-refractivity contribution in [3.63, 3.8) is 0 Å². The molecule has 2 aliphatic rings. The van der Waals surface area contributed by atoms with Gasteiger partial charge in [0.05, 0.1) is 12.0 Å². The second kappa shape index (κ2) is 5.04. The summed E-state index contributed by atoms with van der Waals surface area (Å²) in [5.74, 6) is -1.02. The van der Waals surface area contributed by atoms with Gasteiger partial charge in [0, 0.05) is 19.0 Å². The molecule has 3 rings (SSSR count). The summed E-state index contributed by atoms with van der Waals surface area (Å²) in [4.78, 5) is 26.5. The van der Waals surface area contributed by atoms with E-state index in [1.54, 1.807) is 4.90 Å². The second-order valence-electron chi connectivity index (χ2n) is 7.32. The van der Waals surface area contributed by atoms with E-state index in [2.05, 4.69) is 5.43 Å². The molecule has 1 aromatic rings. The first-order valence-electron chi connectivity index (χ1n) is 7.83. The van der Waals surface area contributed by atoms with Crippen molar-refractivity contribution in [2.24, 2.45) is 5.92 Å². The van der Waals surface area contributed by atoms with Crippen molar-refractivity contribution >= 4 is 11.8 Å². The van der Waals surface area contributed by atoms with Gasteiger partial charge in [-0.1, -0.05) is 30.3 Å². The Morgan fingerprint density at radius 1 is 1.30 bits per heavy atom. The molecule has 0 unspecified atom stereocenters. The van der Waals surface area contributed by atoms with Crippen LogP contribution in [0.3, 0.4) is 0 Å². The molecule has 23 heavy (non-hydrogen) atoms. The zero-order chi connectivity index (χ0) is 17.0. The highest BCUT2D eigenvalue weighted by Gasteiger charge is 2.64. The van der Waals surface area contributed by atoms with Crippen LogP contribution in [-0.4, -0.2) is 44.6 Å². The number of hydrogen-bond donors (Lipinski definition) is 2. The van der Waals surface area contributed by atoms with Gasteiger partial charge in [-0.15, -0.1) is 0 Å². The number of aliphatic hydroxyl groups is 1. The Labute approximate surface area is 136 Å². The smallest absolute Gasteiger partial charge is 0.272 e. The van der Waals surface area contributed by atoms with E-state index in [0.717, 1.165) is 5.56 Å². The highest BCUT2D eigenvalue weighted by Crippen LogP contribution is 2.46. The number of amides is 2. The molecule has 2 heterocycles. The summed E-state index contributed by atoms with van der Waals surface area (Å²) < 4.78 is 0. The summed E-state index contributed by atoms with van der Waals surface area (Å²) in [6, 6.07) is 9.13. The number of hydrogen-bond acceptors (Lipinski definition) is 4. The summed E-state index contributed by atoms with van der Waals surface area (Å²) in [6.45, 7) is 7.65. The average Bonchev–Trinajstić information content (AvgIpc) is 2.90. The predicted octanol–water partition coefficient (Wildman–Crippen LogP) is 1.04. The SMILES string of the molecule is CC(=O)N1N[C@]2(O)C(=O)N(C(C)(C)C)C[C@H]2[C@@H]1c1ccccc1. The van der Waals surface area contributed by atoms with Crippen molar-refractivity contribution in [2.45, 2.75) is 45.0 Å². The van der Waals surface area contributed by atoms with Crippen molar-refractivity contribution in [1.82, 2.24) is 15.3 Å². The molecule has 2 amide bonds. The van der Waals surface area contributed by atoms with Crippen LogP contribution in [-0.2, 0) is 9.59 Å². The molecule has 0 aromatic heterocycles. The van der Waals surface area contributed by atoms with Crippen LogP contribution in [0.5, 0.6) is 0 Å². The highest BCUT2D eigenvalue weighted by atomic mass is 16.3. The lowest BCUT2D eigenvalue weighted by atomic mass is 9.89. The van der Waals surface area contributed by atoms with Crippen molar-refractivity contribution in [2.75, 3.05) is 6.54 Å². The molecule has 6 heteroatoms. The van der Waals surface area contributed by atoms with E-state index in [9.17, 15) is 14.7 Å². The van der Waals surface area contributed by atoms with Crippen molar-refractivity contribution in [1.29, 1.82) is 0 Å². The Morgan fingerprint density at radius 2 is 1.91 bits per heavy atom. The summed E-state index contributed by atoms with van der Waals surface area (Å²) in [5.41, 5.74) is 1.56. The number of likely N-dealkylation sites (tertiary alicyclic amines) is 1. The van der Waals surface area contributed by atoms with Crippen LogP contribution >= 0.6 is 0 Å². The summed E-state index contributed by atoms with van der Waals surface area (Å²) >= 11 is 0. The monoisotopic (exact) mass is 317 g/mol. The Bertz CT molecular complexity index is 640. The van der Waals surface area contributed by atoms with Gasteiger partial charge in [0.2, 0.25) is 11.6 Å². The predicted molar refractivity (Wildman–Crippen MR) is 84.7 cm³/mol. The molecular weight excluding hydrogens is 294 g/mol. The molecule has 0 radical (unpaired) electrons. The summed E-state index contributed by atoms with van der Waals surface area (Å²) in [7, 11) is 0. The van der Waals surface area contributed by atoms with Crippen LogP contribution in [0.15, 0.2) is 30.3 Å². The molecule has 2 aliphatic heterocycles. The fourth-order valence-corrected chi connectivity index (χ4v) is 3.55. The first-order valence-corrected chi connectivity index (χ1v) is 7.83. The Hall–Kier alpha value is -1.92. The molecule has 2 N–H and O–H groups in total. The van der Waals surface area contributed by atoms with Gasteiger partial charge in [0.15, 0.2) is 0 Å². The Kier molecular flexibility index (Phi) is 3.50. The van der Waals surface area contributed by atoms with E-state index in [0.29, 0.717) is 6.54 Å². The largest absolute Gasteiger partial charge is 0.366 e. The van der Waals surface area contributed by atoms with Gasteiger partial charge in [0.25, 0.3) is 5.91 Å². The van der Waals surface area contributed by atoms with Gasteiger partial charge in [-0.25, -0.2) is 0 Å². The maximum Gasteiger partial charge on any atom is 0.272 e. The quantitative estimate of drug-likeness (QED) is 0.812. The molecule has 0 aliphatic carbocycles. The molecule has 2 fully saturated rings. The van der Waals surface area contributed by atoms with Gasteiger partial charge in [-0.05, 0) is 26.3 Å². The molecule has 2 saturated heterocycles. The minimum absolute atomic E-state index is 0.225. The molecular formula is C17H23N3O3. The molecule has 3 atom stereocenters. The third-order valence-electron chi connectivity index (χ3n) is 4.73. The number of nitrogens with zero attached hydrogens (tertiary/aromatic N) is 2. The Morgan fingerprint density at radius 3 is 2.43 bits per heavy atom. The van der Waals surface area contributed by atoms with E-state index >= 15 is 0 Å². The number of rotatable bonds is 1. The molecule has 0 bridgehead atoms. The minimum Gasteiger partial charge on any atom is -0.366 e. The third kappa shape index (κ3) is 2.33. The molecule has 6 nitrogen and oxygen atoms in total. The fraction of sp³-hybridized carbons (Fsp3) is 0.529. The molecule has 0 spiro atoms. The maximum absolute atomic E-state index is 12.8. The van der Waals surface area contributed by atoms with E-state index in [1.165, 1.54) is 11.9 Å². The first-order chi connectivity index (χ1) is 10.7. The van der Waals surface area contributed by atoms with Crippen LogP contribution in [0.25, 0.3) is 0 Å². The van der Waals surface area contributed by atoms with Crippen molar-refractivity contribution < 1.29 is 14.7 Å². The van der Waals surface area contributed by atoms with Gasteiger partial charge < -0.3 is 10.0 Å². The molecule has 0 saturated carbocycles. The lowest BCUT2D eigenvalue weighted by Crippen LogP contribution is -2.57. The number of fused-ring (bicyclic) bond motifs is 1. The van der Waals surface area contributed by atoms with Gasteiger partial charge in [-0.2, -0.15) is 5.43 Å². The number of benzene rings is 1. The normalized spacial score (nSPS) is 30.7. The van der Waals surface area contributed by atoms with Crippen LogP contribution in [0.2, 0.25) is 0 Å². The zero-order valence-corrected chi connectivity index (χ0v) is 13.9. The lowest BCUT2D eigenvalue weighted by molar-refractivity contribution is -0.154. The standard InChI is InChI=1S/C17H23N3O3/c1-11(21)20-14(12-8-6-5-7-9-12)13-10-19(16(2,3)4)15(22)17(13,23)18-20/h5-9,13-14,18,23H,10H2,1-4H3/t13-,14-,17+/m0/s1. The highest BCUT2D eigenvalue weighted by molar-refractivity contribution is 5.89. The van der Waals surface area contributed by atoms with E-state index < -0.39 is 11.6 Å². The fourth-order valence-electron chi connectivity index (χ4n) is 3.55. The van der Waals surface area contributed by atoms with Gasteiger partial charge in [0.1, 0.15) is 0 Å². The van der Waals surface area contributed by atoms with Crippen molar-refractivity contribution in [3.8, 4) is 0 Å². The number of carbonyl (C=O) groups is 2. The van der Waals surface area contributed by atoms with Crippen LogP contribution in [0.4, 0.5) is 0 Å². The number of nitrogens with one attached hydrogen (secondary N) is 1. The van der Waals surface area contributed by atoms with E-state index in [1.807, 2.05) is 51.1 Å². The number of hydrazine groups is 1. The van der Waals surface area contributed by atoms with Gasteiger partial charge >= 0.3 is 0 Å². The Balaban J connectivity index is 2.05. The topological polar surface area (TPSA) is 72.9 Å². The van der Waals surface area contributed by atoms with Gasteiger partial charge in [-0.3, -0.25) is 14.6 Å². The van der Waals surface area contributed by atoms with Crippen LogP contribution < -0.4 is 5.43 Å². The van der Waals surface area contributed by atoms with Crippen molar-refractivity contribution in [3.05, 3.63) is 35.9 Å². The van der Waals surface area contributed by atoms with Crippen LogP contribution in [0.1, 0.15) is 39.3 Å². The van der Waals surface area contributed by atoms with E-state index in [4.69, 9.17) is 0 Å². The number of carbonyl (C=O) groups excluding carboxylic acids is 2. The van der Waals surface area contributed by atoms with E-state index in [-0.39, 0.29) is 23.4 Å². The molecule has 1 aromatic carbocycles. The lowest BCUT2D eigenvalue weighted by Gasteiger charge is -2.35. The van der Waals surface area contributed by atoms with Crippen LogP contribution in [0, 0.1) is 5.92 Å². The minimum atomic E-state index is -1.74. The summed E-state index contributed by atoms with van der Waals surface area (Å²) in [6.07, 6.45) is 0. The first kappa shape index (κ1) is 16.0. The second-order valence-corrected chi connectivity index (χ2v) is 7.32. The average molecular weight is 317 g/mol. The molecule has 124 valence electrons. The summed E-state index contributed by atoms with van der Waals surface area (Å²) in [5, 5.41) is 12.4. The zero-order valence-electron chi connectivity index (χ0n) is 13.9. The maximum atomic E-state index is 12.8. The third-order valence-corrected chi connectivity index (χ3v) is 4.73.